The Labute approximate surface area is 110 Å². The molecule has 2 rings (SSSR count). The number of nitrogen functional groups attached to an aromatic ring is 1. The van der Waals surface area contributed by atoms with Crippen molar-refractivity contribution in [3.63, 3.8) is 0 Å². The van der Waals surface area contributed by atoms with E-state index in [4.69, 9.17) is 10.5 Å². The van der Waals surface area contributed by atoms with Crippen molar-refractivity contribution in [2.45, 2.75) is 31.8 Å². The molecule has 8 nitrogen and oxygen atoms in total. The summed E-state index contributed by atoms with van der Waals surface area (Å²) in [6, 6.07) is -0.493. The van der Waals surface area contributed by atoms with Crippen LogP contribution in [-0.2, 0) is 20.9 Å². The van der Waals surface area contributed by atoms with Crippen LogP contribution >= 0.6 is 0 Å². The van der Waals surface area contributed by atoms with Gasteiger partial charge >= 0.3 is 5.97 Å². The number of nitrogens with zero attached hydrogens (tertiary/aromatic N) is 4. The Morgan fingerprint density at radius 3 is 2.95 bits per heavy atom. The molecule has 1 unspecified atom stereocenters. The fourth-order valence-corrected chi connectivity index (χ4v) is 2.23. The van der Waals surface area contributed by atoms with Gasteiger partial charge in [0.15, 0.2) is 5.82 Å². The second kappa shape index (κ2) is 5.68. The number of carbonyl (C=O) groups is 2. The number of anilines is 1. The maximum absolute atomic E-state index is 12.2. The first-order valence-electron chi connectivity index (χ1n) is 6.14. The van der Waals surface area contributed by atoms with Gasteiger partial charge in [0.1, 0.15) is 12.6 Å². The SMILES string of the molecule is COC(=O)C1CCCCN1C(=O)Cn1cc(N)nn1. The molecular weight excluding hydrogens is 250 g/mol. The lowest BCUT2D eigenvalue weighted by Gasteiger charge is -2.33. The van der Waals surface area contributed by atoms with Crippen molar-refractivity contribution < 1.29 is 14.3 Å². The number of hydrogen-bond acceptors (Lipinski definition) is 6. The molecule has 2 N–H and O–H groups in total. The van der Waals surface area contributed by atoms with Gasteiger partial charge in [0.05, 0.1) is 13.3 Å². The summed E-state index contributed by atoms with van der Waals surface area (Å²) in [5, 5.41) is 7.33. The first-order chi connectivity index (χ1) is 9.11. The van der Waals surface area contributed by atoms with Crippen LogP contribution in [0.1, 0.15) is 19.3 Å². The summed E-state index contributed by atoms with van der Waals surface area (Å²) in [6.07, 6.45) is 3.92. The summed E-state index contributed by atoms with van der Waals surface area (Å²) < 4.78 is 6.10. The van der Waals surface area contributed by atoms with Crippen LogP contribution in [0.2, 0.25) is 0 Å². The third-order valence-corrected chi connectivity index (χ3v) is 3.15. The third-order valence-electron chi connectivity index (χ3n) is 3.15. The maximum Gasteiger partial charge on any atom is 0.328 e. The molecule has 104 valence electrons. The Morgan fingerprint density at radius 2 is 2.32 bits per heavy atom. The van der Waals surface area contributed by atoms with Crippen molar-refractivity contribution in [1.82, 2.24) is 19.9 Å². The van der Waals surface area contributed by atoms with Crippen molar-refractivity contribution in [2.24, 2.45) is 0 Å². The van der Waals surface area contributed by atoms with Gasteiger partial charge in [0.2, 0.25) is 5.91 Å². The maximum atomic E-state index is 12.2. The van der Waals surface area contributed by atoms with E-state index in [9.17, 15) is 9.59 Å². The first-order valence-corrected chi connectivity index (χ1v) is 6.14. The van der Waals surface area contributed by atoms with Crippen molar-refractivity contribution in [3.05, 3.63) is 6.20 Å². The van der Waals surface area contributed by atoms with Gasteiger partial charge in [-0.25, -0.2) is 9.48 Å². The summed E-state index contributed by atoms with van der Waals surface area (Å²) in [6.45, 7) is 0.584. The highest BCUT2D eigenvalue weighted by atomic mass is 16.5. The highest BCUT2D eigenvalue weighted by Gasteiger charge is 2.32. The molecule has 1 aliphatic heterocycles. The smallest absolute Gasteiger partial charge is 0.328 e. The molecule has 0 bridgehead atoms. The lowest BCUT2D eigenvalue weighted by Crippen LogP contribution is -2.49. The van der Waals surface area contributed by atoms with E-state index in [-0.39, 0.29) is 24.2 Å². The average molecular weight is 267 g/mol. The Hall–Kier alpha value is -2.12. The molecule has 1 aromatic heterocycles. The van der Waals surface area contributed by atoms with Crippen molar-refractivity contribution >= 4 is 17.7 Å². The molecule has 2 heterocycles. The summed E-state index contributed by atoms with van der Waals surface area (Å²) in [7, 11) is 1.33. The lowest BCUT2D eigenvalue weighted by molar-refractivity contribution is -0.155. The van der Waals surface area contributed by atoms with E-state index < -0.39 is 6.04 Å². The van der Waals surface area contributed by atoms with Crippen molar-refractivity contribution in [2.75, 3.05) is 19.4 Å². The van der Waals surface area contributed by atoms with E-state index in [1.807, 2.05) is 0 Å². The molecule has 0 aliphatic carbocycles. The van der Waals surface area contributed by atoms with E-state index in [0.29, 0.717) is 13.0 Å². The number of ether oxygens (including phenoxy) is 1. The Morgan fingerprint density at radius 1 is 1.53 bits per heavy atom. The lowest BCUT2D eigenvalue weighted by atomic mass is 10.0. The minimum atomic E-state index is -0.493. The Kier molecular flexibility index (Phi) is 3.98. The molecule has 0 radical (unpaired) electrons. The molecule has 1 fully saturated rings. The summed E-state index contributed by atoms with van der Waals surface area (Å²) in [5.41, 5.74) is 5.44. The number of likely N-dealkylation sites (tertiary alicyclic amines) is 1. The topological polar surface area (TPSA) is 103 Å². The molecular formula is C11H17N5O3. The minimum absolute atomic E-state index is 0.0255. The van der Waals surface area contributed by atoms with Crippen LogP contribution in [0.5, 0.6) is 0 Å². The largest absolute Gasteiger partial charge is 0.467 e. The molecule has 1 aliphatic rings. The number of nitrogens with two attached hydrogens (primary N) is 1. The second-order valence-corrected chi connectivity index (χ2v) is 4.46. The number of methoxy groups -OCH3 is 1. The predicted molar refractivity (Wildman–Crippen MR) is 65.8 cm³/mol. The zero-order valence-corrected chi connectivity index (χ0v) is 10.8. The Balaban J connectivity index is 2.05. The number of esters is 1. The van der Waals surface area contributed by atoms with E-state index in [1.165, 1.54) is 18.0 Å². The molecule has 0 spiro atoms. The number of rotatable bonds is 3. The summed E-state index contributed by atoms with van der Waals surface area (Å²) in [5.74, 6) is -0.290. The first kappa shape index (κ1) is 13.3. The molecule has 1 amide bonds. The minimum Gasteiger partial charge on any atom is -0.467 e. The number of piperidine rings is 1. The van der Waals surface area contributed by atoms with Crippen LogP contribution in [-0.4, -0.2) is 51.5 Å². The number of aromatic nitrogens is 3. The average Bonchev–Trinajstić information content (AvgIpc) is 2.83. The van der Waals surface area contributed by atoms with E-state index in [2.05, 4.69) is 10.3 Å². The number of carbonyl (C=O) groups excluding carboxylic acids is 2. The van der Waals surface area contributed by atoms with E-state index in [0.717, 1.165) is 12.8 Å². The number of hydrogen-bond donors (Lipinski definition) is 1. The highest BCUT2D eigenvalue weighted by Crippen LogP contribution is 2.18. The van der Waals surface area contributed by atoms with Crippen molar-refractivity contribution in [1.29, 1.82) is 0 Å². The van der Waals surface area contributed by atoms with Gasteiger partial charge in [-0.2, -0.15) is 0 Å². The van der Waals surface area contributed by atoms with Gasteiger partial charge < -0.3 is 15.4 Å². The van der Waals surface area contributed by atoms with Gasteiger partial charge in [0.25, 0.3) is 0 Å². The van der Waals surface area contributed by atoms with Crippen LogP contribution in [0.25, 0.3) is 0 Å². The van der Waals surface area contributed by atoms with Gasteiger partial charge in [-0.1, -0.05) is 5.21 Å². The van der Waals surface area contributed by atoms with Crippen LogP contribution in [0.3, 0.4) is 0 Å². The van der Waals surface area contributed by atoms with Crippen LogP contribution < -0.4 is 5.73 Å². The molecule has 1 saturated heterocycles. The highest BCUT2D eigenvalue weighted by molar-refractivity contribution is 5.84. The fraction of sp³-hybridized carbons (Fsp3) is 0.636. The van der Waals surface area contributed by atoms with Crippen LogP contribution in [0.15, 0.2) is 6.20 Å². The zero-order chi connectivity index (χ0) is 13.8. The number of amides is 1. The molecule has 19 heavy (non-hydrogen) atoms. The van der Waals surface area contributed by atoms with E-state index >= 15 is 0 Å². The summed E-state index contributed by atoms with van der Waals surface area (Å²) >= 11 is 0. The monoisotopic (exact) mass is 267 g/mol. The molecule has 1 atom stereocenters. The van der Waals surface area contributed by atoms with E-state index in [1.54, 1.807) is 4.90 Å². The Bertz CT molecular complexity index is 473. The van der Waals surface area contributed by atoms with Gasteiger partial charge in [-0.15, -0.1) is 5.10 Å². The normalized spacial score (nSPS) is 19.2. The summed E-state index contributed by atoms with van der Waals surface area (Å²) in [4.78, 5) is 25.4. The fourth-order valence-electron chi connectivity index (χ4n) is 2.23. The zero-order valence-electron chi connectivity index (χ0n) is 10.8. The second-order valence-electron chi connectivity index (χ2n) is 4.46. The standard InChI is InChI=1S/C11H17N5O3/c1-19-11(18)8-4-2-3-5-16(8)10(17)7-15-6-9(12)13-14-15/h6,8H,2-5,7,12H2,1H3. The predicted octanol–water partition coefficient (Wildman–Crippen LogP) is -0.586. The quantitative estimate of drug-likeness (QED) is 0.734. The molecule has 8 heteroatoms. The third kappa shape index (κ3) is 3.01. The van der Waals surface area contributed by atoms with Crippen molar-refractivity contribution in [3.8, 4) is 0 Å². The van der Waals surface area contributed by atoms with Gasteiger partial charge in [0, 0.05) is 6.54 Å². The van der Waals surface area contributed by atoms with Crippen LogP contribution in [0, 0.1) is 0 Å². The van der Waals surface area contributed by atoms with Gasteiger partial charge in [-0.05, 0) is 19.3 Å². The van der Waals surface area contributed by atoms with Crippen LogP contribution in [0.4, 0.5) is 5.82 Å². The molecule has 0 aromatic carbocycles. The van der Waals surface area contributed by atoms with Gasteiger partial charge in [-0.3, -0.25) is 4.79 Å². The molecule has 1 aromatic rings. The molecule has 0 saturated carbocycles.